The molecule has 1 aromatic carbocycles. The molecule has 0 atom stereocenters. The molecule has 0 aromatic heterocycles. The lowest BCUT2D eigenvalue weighted by Gasteiger charge is -2.01. The maximum atomic E-state index is 8.38. The van der Waals surface area contributed by atoms with Gasteiger partial charge in [0.2, 0.25) is 0 Å². The van der Waals surface area contributed by atoms with Crippen LogP contribution < -0.4 is 0 Å². The van der Waals surface area contributed by atoms with Gasteiger partial charge in [-0.05, 0) is 17.0 Å². The molecule has 0 saturated heterocycles. The largest absolute Gasteiger partial charge is 0.293 e. The van der Waals surface area contributed by atoms with Gasteiger partial charge in [0.05, 0.1) is 6.54 Å². The molecule has 0 heterocycles. The molecular formula is C11H14N4. The molecule has 0 bridgehead atoms. The first kappa shape index (κ1) is 11.3. The highest BCUT2D eigenvalue weighted by Crippen LogP contribution is 2.19. The molecule has 4 nitrogen and oxygen atoms in total. The molecule has 0 aliphatic carbocycles. The highest BCUT2D eigenvalue weighted by Gasteiger charge is 1.97. The van der Waals surface area contributed by atoms with Gasteiger partial charge < -0.3 is 0 Å². The van der Waals surface area contributed by atoms with Gasteiger partial charge in [0.1, 0.15) is 0 Å². The number of nitrogens with zero attached hydrogens (tertiary/aromatic N) is 4. The van der Waals surface area contributed by atoms with Gasteiger partial charge in [0.25, 0.3) is 0 Å². The zero-order chi connectivity index (χ0) is 11.1. The number of benzene rings is 1. The Balaban J connectivity index is 2.80. The molecule has 1 aromatic rings. The fourth-order valence-corrected chi connectivity index (χ4v) is 1.15. The summed E-state index contributed by atoms with van der Waals surface area (Å²) in [6.45, 7) is 4.71. The second kappa shape index (κ2) is 5.83. The second-order valence-electron chi connectivity index (χ2n) is 3.55. The predicted molar refractivity (Wildman–Crippen MR) is 62.3 cm³/mol. The summed E-state index contributed by atoms with van der Waals surface area (Å²) in [7, 11) is 0. The van der Waals surface area contributed by atoms with Crippen molar-refractivity contribution < 1.29 is 0 Å². The van der Waals surface area contributed by atoms with Crippen LogP contribution in [0, 0.1) is 5.92 Å². The Bertz CT molecular complexity index is 389. The lowest BCUT2D eigenvalue weighted by molar-refractivity contribution is 0.891. The molecule has 0 N–H and O–H groups in total. The van der Waals surface area contributed by atoms with Crippen molar-refractivity contribution in [1.82, 2.24) is 0 Å². The molecule has 0 radical (unpaired) electrons. The summed E-state index contributed by atoms with van der Waals surface area (Å²) in [4.78, 5) is 7.06. The van der Waals surface area contributed by atoms with E-state index in [1.54, 1.807) is 6.07 Å². The van der Waals surface area contributed by atoms with Crippen LogP contribution in [0.1, 0.15) is 19.4 Å². The quantitative estimate of drug-likeness (QED) is 0.308. The van der Waals surface area contributed by atoms with E-state index in [1.165, 1.54) is 0 Å². The minimum absolute atomic E-state index is 0.441. The minimum atomic E-state index is 0.441. The number of hydrogen-bond acceptors (Lipinski definition) is 2. The highest BCUT2D eigenvalue weighted by atomic mass is 15.1. The second-order valence-corrected chi connectivity index (χ2v) is 3.55. The Labute approximate surface area is 89.3 Å². The molecule has 0 spiro atoms. The molecule has 4 heteroatoms. The van der Waals surface area contributed by atoms with E-state index >= 15 is 0 Å². The van der Waals surface area contributed by atoms with Crippen LogP contribution in [0.15, 0.2) is 34.4 Å². The predicted octanol–water partition coefficient (Wildman–Crippen LogP) is 3.86. The molecule has 1 rings (SSSR count). The van der Waals surface area contributed by atoms with E-state index in [0.29, 0.717) is 18.2 Å². The van der Waals surface area contributed by atoms with Crippen LogP contribution in [-0.4, -0.2) is 6.21 Å². The van der Waals surface area contributed by atoms with Gasteiger partial charge in [-0.25, -0.2) is 0 Å². The van der Waals surface area contributed by atoms with Crippen molar-refractivity contribution in [2.24, 2.45) is 16.0 Å². The standard InChI is InChI=1S/C11H14N4/c1-9(2)7-13-8-10-5-3-4-6-11(10)14-15-12/h3-7,9H,8H2,1-2H3. The Hall–Kier alpha value is -1.80. The van der Waals surface area contributed by atoms with Crippen LogP contribution in [0.2, 0.25) is 0 Å². The van der Waals surface area contributed by atoms with Gasteiger partial charge in [0.15, 0.2) is 0 Å². The normalized spacial score (nSPS) is 10.6. The molecule has 0 unspecified atom stereocenters. The Kier molecular flexibility index (Phi) is 4.38. The van der Waals surface area contributed by atoms with E-state index in [9.17, 15) is 0 Å². The average molecular weight is 202 g/mol. The summed E-state index contributed by atoms with van der Waals surface area (Å²) in [6.07, 6.45) is 1.90. The number of rotatable bonds is 4. The topological polar surface area (TPSA) is 61.1 Å². The van der Waals surface area contributed by atoms with Crippen molar-refractivity contribution in [1.29, 1.82) is 0 Å². The zero-order valence-corrected chi connectivity index (χ0v) is 8.96. The fourth-order valence-electron chi connectivity index (χ4n) is 1.15. The van der Waals surface area contributed by atoms with Crippen LogP contribution in [0.5, 0.6) is 0 Å². The zero-order valence-electron chi connectivity index (χ0n) is 8.96. The summed E-state index contributed by atoms with van der Waals surface area (Å²) in [6, 6.07) is 7.47. The lowest BCUT2D eigenvalue weighted by atomic mass is 10.2. The Morgan fingerprint density at radius 3 is 2.80 bits per heavy atom. The summed E-state index contributed by atoms with van der Waals surface area (Å²) in [5.41, 5.74) is 9.98. The summed E-state index contributed by atoms with van der Waals surface area (Å²) in [5, 5.41) is 3.61. The van der Waals surface area contributed by atoms with Crippen molar-refractivity contribution >= 4 is 11.9 Å². The van der Waals surface area contributed by atoms with E-state index in [0.717, 1.165) is 5.56 Å². The smallest absolute Gasteiger partial charge is 0.0640 e. The van der Waals surface area contributed by atoms with Gasteiger partial charge in [-0.3, -0.25) is 4.99 Å². The van der Waals surface area contributed by atoms with Crippen LogP contribution in [-0.2, 0) is 6.54 Å². The third kappa shape index (κ3) is 3.83. The van der Waals surface area contributed by atoms with Crippen molar-refractivity contribution in [3.8, 4) is 0 Å². The van der Waals surface area contributed by atoms with Gasteiger partial charge in [0, 0.05) is 16.8 Å². The average Bonchev–Trinajstić information content (AvgIpc) is 2.20. The van der Waals surface area contributed by atoms with Crippen molar-refractivity contribution in [3.05, 3.63) is 40.3 Å². The maximum absolute atomic E-state index is 8.38. The summed E-state index contributed by atoms with van der Waals surface area (Å²) < 4.78 is 0. The maximum Gasteiger partial charge on any atom is 0.0640 e. The van der Waals surface area contributed by atoms with E-state index in [-0.39, 0.29) is 0 Å². The van der Waals surface area contributed by atoms with E-state index in [2.05, 4.69) is 28.9 Å². The number of azide groups is 1. The van der Waals surface area contributed by atoms with Gasteiger partial charge in [-0.2, -0.15) is 0 Å². The molecule has 0 aliphatic heterocycles. The van der Waals surface area contributed by atoms with Crippen molar-refractivity contribution in [2.45, 2.75) is 20.4 Å². The monoisotopic (exact) mass is 202 g/mol. The van der Waals surface area contributed by atoms with Gasteiger partial charge >= 0.3 is 0 Å². The van der Waals surface area contributed by atoms with Crippen LogP contribution >= 0.6 is 0 Å². The number of hydrogen-bond donors (Lipinski definition) is 0. The summed E-state index contributed by atoms with van der Waals surface area (Å²) >= 11 is 0. The Morgan fingerprint density at radius 1 is 1.40 bits per heavy atom. The molecule has 0 saturated carbocycles. The minimum Gasteiger partial charge on any atom is -0.293 e. The first-order valence-electron chi connectivity index (χ1n) is 4.87. The van der Waals surface area contributed by atoms with Gasteiger partial charge in [-0.15, -0.1) is 0 Å². The van der Waals surface area contributed by atoms with E-state index in [4.69, 9.17) is 5.53 Å². The fraction of sp³-hybridized carbons (Fsp3) is 0.364. The Morgan fingerprint density at radius 2 is 2.13 bits per heavy atom. The molecule has 0 fully saturated rings. The van der Waals surface area contributed by atoms with E-state index in [1.807, 2.05) is 24.4 Å². The molecule has 0 aliphatic rings. The van der Waals surface area contributed by atoms with Crippen LogP contribution in [0.4, 0.5) is 5.69 Å². The first-order valence-corrected chi connectivity index (χ1v) is 4.87. The highest BCUT2D eigenvalue weighted by molar-refractivity contribution is 5.60. The number of aliphatic imine (C=N–C) groups is 1. The molecule has 0 amide bonds. The van der Waals surface area contributed by atoms with Gasteiger partial charge in [-0.1, -0.05) is 43.2 Å². The van der Waals surface area contributed by atoms with Crippen LogP contribution in [0.25, 0.3) is 10.4 Å². The third-order valence-corrected chi connectivity index (χ3v) is 1.81. The van der Waals surface area contributed by atoms with Crippen molar-refractivity contribution in [2.75, 3.05) is 0 Å². The third-order valence-electron chi connectivity index (χ3n) is 1.81. The van der Waals surface area contributed by atoms with E-state index < -0.39 is 0 Å². The summed E-state index contributed by atoms with van der Waals surface area (Å²) in [5.74, 6) is 0.441. The lowest BCUT2D eigenvalue weighted by Crippen LogP contribution is -1.89. The van der Waals surface area contributed by atoms with Crippen molar-refractivity contribution in [3.63, 3.8) is 0 Å². The molecular weight excluding hydrogens is 188 g/mol. The first-order chi connectivity index (χ1) is 7.24. The molecule has 78 valence electrons. The van der Waals surface area contributed by atoms with Crippen LogP contribution in [0.3, 0.4) is 0 Å². The SMILES string of the molecule is CC(C)C=NCc1ccccc1N=[N+]=[N-]. The molecule has 15 heavy (non-hydrogen) atoms.